The van der Waals surface area contributed by atoms with Gasteiger partial charge in [0, 0.05) is 4.83 Å². The fourth-order valence-electron chi connectivity index (χ4n) is 3.21. The van der Waals surface area contributed by atoms with Crippen molar-refractivity contribution in [3.63, 3.8) is 0 Å². The predicted octanol–water partition coefficient (Wildman–Crippen LogP) is 4.73. The summed E-state index contributed by atoms with van der Waals surface area (Å²) in [4.78, 5) is 0.589. The van der Waals surface area contributed by atoms with Gasteiger partial charge in [0.2, 0.25) is 0 Å². The zero-order valence-corrected chi connectivity index (χ0v) is 11.4. The number of hydrogen-bond donors (Lipinski definition) is 0. The molecule has 3 unspecified atom stereocenters. The van der Waals surface area contributed by atoms with Crippen LogP contribution < -0.4 is 0 Å². The molecule has 2 aliphatic rings. The lowest BCUT2D eigenvalue weighted by molar-refractivity contribution is 0.482. The number of rotatable bonds is 3. The highest BCUT2D eigenvalue weighted by Crippen LogP contribution is 2.58. The first-order chi connectivity index (χ1) is 7.78. The molecule has 0 amide bonds. The summed E-state index contributed by atoms with van der Waals surface area (Å²) in [5.41, 5.74) is 2.92. The van der Waals surface area contributed by atoms with Gasteiger partial charge in [0.25, 0.3) is 0 Å². The van der Waals surface area contributed by atoms with Gasteiger partial charge in [0.15, 0.2) is 0 Å². The van der Waals surface area contributed by atoms with Crippen molar-refractivity contribution in [1.29, 1.82) is 0 Å². The molecule has 0 saturated heterocycles. The van der Waals surface area contributed by atoms with Crippen LogP contribution in [0.25, 0.3) is 0 Å². The van der Waals surface area contributed by atoms with E-state index in [0.717, 1.165) is 24.2 Å². The maximum absolute atomic E-state index is 3.91. The van der Waals surface area contributed by atoms with Crippen LogP contribution in [-0.4, -0.2) is 0 Å². The van der Waals surface area contributed by atoms with Crippen LogP contribution in [-0.2, 0) is 6.42 Å². The van der Waals surface area contributed by atoms with Crippen LogP contribution in [0.3, 0.4) is 0 Å². The first-order valence-electron chi connectivity index (χ1n) is 6.51. The third-order valence-corrected chi connectivity index (χ3v) is 5.68. The Balaban J connectivity index is 1.70. The van der Waals surface area contributed by atoms with Crippen molar-refractivity contribution < 1.29 is 0 Å². The van der Waals surface area contributed by atoms with Crippen molar-refractivity contribution in [3.05, 3.63) is 35.4 Å². The number of fused-ring (bicyclic) bond motifs is 1. The molecule has 0 nitrogen and oxygen atoms in total. The van der Waals surface area contributed by atoms with Crippen LogP contribution in [0.4, 0.5) is 0 Å². The van der Waals surface area contributed by atoms with E-state index in [1.807, 2.05) is 0 Å². The Labute approximate surface area is 107 Å². The van der Waals surface area contributed by atoms with E-state index in [9.17, 15) is 0 Å². The van der Waals surface area contributed by atoms with Gasteiger partial charge < -0.3 is 0 Å². The van der Waals surface area contributed by atoms with E-state index < -0.39 is 0 Å². The highest BCUT2D eigenvalue weighted by atomic mass is 79.9. The lowest BCUT2D eigenvalue weighted by Crippen LogP contribution is -2.05. The first-order valence-corrected chi connectivity index (χ1v) is 7.42. The minimum atomic E-state index is 0.589. The van der Waals surface area contributed by atoms with Crippen molar-refractivity contribution in [2.45, 2.75) is 37.4 Å². The number of aryl methyl sites for hydroxylation is 1. The summed E-state index contributed by atoms with van der Waals surface area (Å²) in [6.07, 6.45) is 5.57. The van der Waals surface area contributed by atoms with Crippen LogP contribution >= 0.6 is 15.9 Å². The van der Waals surface area contributed by atoms with Gasteiger partial charge in [-0.2, -0.15) is 0 Å². The molecule has 2 aliphatic carbocycles. The Kier molecular flexibility index (Phi) is 2.83. The summed E-state index contributed by atoms with van der Waals surface area (Å²) in [5, 5.41) is 0. The molecule has 0 bridgehead atoms. The van der Waals surface area contributed by atoms with Crippen molar-refractivity contribution in [2.24, 2.45) is 17.8 Å². The minimum Gasteiger partial charge on any atom is -0.0836 e. The highest BCUT2D eigenvalue weighted by Gasteiger charge is 2.47. The standard InChI is InChI=1S/C15H19Br/c1-2-10-3-5-11(6-4-10)15(16)14-8-12-7-13(12)9-14/h3-6,12-15H,2,7-9H2,1H3. The Morgan fingerprint density at radius 1 is 1.12 bits per heavy atom. The normalized spacial score (nSPS) is 33.5. The smallest absolute Gasteiger partial charge is 0.0423 e. The molecule has 16 heavy (non-hydrogen) atoms. The van der Waals surface area contributed by atoms with E-state index in [1.54, 1.807) is 0 Å². The Bertz CT molecular complexity index is 358. The fourth-order valence-corrected chi connectivity index (χ4v) is 3.95. The summed E-state index contributed by atoms with van der Waals surface area (Å²) in [6.45, 7) is 2.21. The van der Waals surface area contributed by atoms with E-state index in [0.29, 0.717) is 4.83 Å². The topological polar surface area (TPSA) is 0 Å². The summed E-state index contributed by atoms with van der Waals surface area (Å²) in [6, 6.07) is 9.17. The maximum Gasteiger partial charge on any atom is 0.0423 e. The third-order valence-electron chi connectivity index (χ3n) is 4.40. The summed E-state index contributed by atoms with van der Waals surface area (Å²) in [5.74, 6) is 3.05. The van der Waals surface area contributed by atoms with Crippen LogP contribution in [0.5, 0.6) is 0 Å². The Hall–Kier alpha value is -0.300. The Morgan fingerprint density at radius 2 is 1.75 bits per heavy atom. The molecular weight excluding hydrogens is 260 g/mol. The van der Waals surface area contributed by atoms with Crippen molar-refractivity contribution in [3.8, 4) is 0 Å². The molecule has 0 heterocycles. The molecule has 1 heteroatoms. The summed E-state index contributed by atoms with van der Waals surface area (Å²) in [7, 11) is 0. The van der Waals surface area contributed by atoms with E-state index in [2.05, 4.69) is 47.1 Å². The maximum atomic E-state index is 3.91. The fraction of sp³-hybridized carbons (Fsp3) is 0.600. The number of hydrogen-bond acceptors (Lipinski definition) is 0. The van der Waals surface area contributed by atoms with Gasteiger partial charge in [-0.15, -0.1) is 0 Å². The molecule has 1 aromatic carbocycles. The van der Waals surface area contributed by atoms with Crippen molar-refractivity contribution in [2.75, 3.05) is 0 Å². The molecule has 2 saturated carbocycles. The second kappa shape index (κ2) is 4.18. The lowest BCUT2D eigenvalue weighted by Gasteiger charge is -2.19. The summed E-state index contributed by atoms with van der Waals surface area (Å²) >= 11 is 3.91. The van der Waals surface area contributed by atoms with Gasteiger partial charge >= 0.3 is 0 Å². The van der Waals surface area contributed by atoms with Gasteiger partial charge in [0.1, 0.15) is 0 Å². The largest absolute Gasteiger partial charge is 0.0836 e. The minimum absolute atomic E-state index is 0.589. The molecule has 3 atom stereocenters. The average molecular weight is 279 g/mol. The molecule has 0 aromatic heterocycles. The van der Waals surface area contributed by atoms with Gasteiger partial charge in [0.05, 0.1) is 0 Å². The van der Waals surface area contributed by atoms with Gasteiger partial charge in [-0.3, -0.25) is 0 Å². The zero-order chi connectivity index (χ0) is 11.1. The lowest BCUT2D eigenvalue weighted by atomic mass is 9.94. The molecule has 2 fully saturated rings. The van der Waals surface area contributed by atoms with E-state index >= 15 is 0 Å². The van der Waals surface area contributed by atoms with Crippen LogP contribution in [0.15, 0.2) is 24.3 Å². The summed E-state index contributed by atoms with van der Waals surface area (Å²) < 4.78 is 0. The monoisotopic (exact) mass is 278 g/mol. The number of alkyl halides is 1. The van der Waals surface area contributed by atoms with Gasteiger partial charge in [-0.05, 0) is 54.6 Å². The van der Waals surface area contributed by atoms with E-state index in [1.165, 1.54) is 30.4 Å². The molecule has 3 rings (SSSR count). The molecule has 1 aromatic rings. The first kappa shape index (κ1) is 10.8. The van der Waals surface area contributed by atoms with Crippen LogP contribution in [0.2, 0.25) is 0 Å². The van der Waals surface area contributed by atoms with Crippen LogP contribution in [0.1, 0.15) is 42.1 Å². The zero-order valence-electron chi connectivity index (χ0n) is 9.83. The van der Waals surface area contributed by atoms with Gasteiger partial charge in [-0.25, -0.2) is 0 Å². The molecule has 0 radical (unpaired) electrons. The average Bonchev–Trinajstić information content (AvgIpc) is 2.95. The molecular formula is C15H19Br. The SMILES string of the molecule is CCc1ccc(C(Br)C2CC3CC3C2)cc1. The van der Waals surface area contributed by atoms with E-state index in [4.69, 9.17) is 0 Å². The molecule has 0 aliphatic heterocycles. The predicted molar refractivity (Wildman–Crippen MR) is 71.8 cm³/mol. The number of benzene rings is 1. The Morgan fingerprint density at radius 3 is 2.31 bits per heavy atom. The second-order valence-electron chi connectivity index (χ2n) is 5.48. The molecule has 0 N–H and O–H groups in total. The highest BCUT2D eigenvalue weighted by molar-refractivity contribution is 9.09. The number of halogens is 1. The molecule has 0 spiro atoms. The van der Waals surface area contributed by atoms with E-state index in [-0.39, 0.29) is 0 Å². The van der Waals surface area contributed by atoms with Crippen LogP contribution in [0, 0.1) is 17.8 Å². The van der Waals surface area contributed by atoms with Crippen molar-refractivity contribution >= 4 is 15.9 Å². The van der Waals surface area contributed by atoms with Gasteiger partial charge in [-0.1, -0.05) is 47.1 Å². The second-order valence-corrected chi connectivity index (χ2v) is 6.47. The van der Waals surface area contributed by atoms with Crippen molar-refractivity contribution in [1.82, 2.24) is 0 Å². The molecule has 86 valence electrons. The quantitative estimate of drug-likeness (QED) is 0.702. The third kappa shape index (κ3) is 1.95.